The van der Waals surface area contributed by atoms with E-state index in [0.29, 0.717) is 11.4 Å². The van der Waals surface area contributed by atoms with E-state index in [4.69, 9.17) is 4.74 Å². The fourth-order valence-corrected chi connectivity index (χ4v) is 1.36. The van der Waals surface area contributed by atoms with Crippen LogP contribution < -0.4 is 4.74 Å². The lowest BCUT2D eigenvalue weighted by molar-refractivity contribution is 0.408. The zero-order valence-electron chi connectivity index (χ0n) is 9.37. The Morgan fingerprint density at radius 1 is 1.00 bits per heavy atom. The van der Waals surface area contributed by atoms with Crippen LogP contribution in [0.4, 0.5) is 11.4 Å². The van der Waals surface area contributed by atoms with Crippen molar-refractivity contribution in [2.24, 2.45) is 10.2 Å². The van der Waals surface area contributed by atoms with Crippen molar-refractivity contribution in [2.75, 3.05) is 7.11 Å². The van der Waals surface area contributed by atoms with E-state index in [0.717, 1.165) is 5.69 Å². The zero-order chi connectivity index (χ0) is 12.1. The van der Waals surface area contributed by atoms with Crippen molar-refractivity contribution in [3.63, 3.8) is 0 Å². The minimum atomic E-state index is 0.139. The summed E-state index contributed by atoms with van der Waals surface area (Å²) in [6, 6.07) is 14.1. The highest BCUT2D eigenvalue weighted by molar-refractivity contribution is 5.54. The van der Waals surface area contributed by atoms with E-state index < -0.39 is 0 Å². The number of azo groups is 1. The topological polar surface area (TPSA) is 54.2 Å². The SMILES string of the molecule is COc1cc(O)ccc1/N=N/c1ccccc1. The van der Waals surface area contributed by atoms with Gasteiger partial charge in [-0.05, 0) is 24.3 Å². The van der Waals surface area contributed by atoms with Crippen LogP contribution >= 0.6 is 0 Å². The van der Waals surface area contributed by atoms with E-state index in [9.17, 15) is 5.11 Å². The lowest BCUT2D eigenvalue weighted by Gasteiger charge is -2.03. The number of hydrogen-bond donors (Lipinski definition) is 1. The van der Waals surface area contributed by atoms with Crippen LogP contribution in [0.25, 0.3) is 0 Å². The van der Waals surface area contributed by atoms with Crippen LogP contribution in [0.2, 0.25) is 0 Å². The molecular formula is C13H12N2O2. The molecule has 0 saturated heterocycles. The number of aromatic hydroxyl groups is 1. The van der Waals surface area contributed by atoms with Gasteiger partial charge in [0.1, 0.15) is 17.2 Å². The largest absolute Gasteiger partial charge is 0.508 e. The summed E-state index contributed by atoms with van der Waals surface area (Å²) < 4.78 is 5.10. The fourth-order valence-electron chi connectivity index (χ4n) is 1.36. The molecule has 0 aromatic heterocycles. The number of nitrogens with zero attached hydrogens (tertiary/aromatic N) is 2. The van der Waals surface area contributed by atoms with Crippen molar-refractivity contribution in [3.8, 4) is 11.5 Å². The molecule has 1 N–H and O–H groups in total. The van der Waals surface area contributed by atoms with Gasteiger partial charge in [0.25, 0.3) is 0 Å². The molecule has 0 aliphatic carbocycles. The average Bonchev–Trinajstić information content (AvgIpc) is 2.38. The van der Waals surface area contributed by atoms with Crippen LogP contribution in [0.5, 0.6) is 11.5 Å². The van der Waals surface area contributed by atoms with E-state index in [1.165, 1.54) is 13.2 Å². The van der Waals surface area contributed by atoms with Crippen LogP contribution in [-0.4, -0.2) is 12.2 Å². The molecule has 0 aliphatic heterocycles. The van der Waals surface area contributed by atoms with Gasteiger partial charge in [0.2, 0.25) is 0 Å². The summed E-state index contributed by atoms with van der Waals surface area (Å²) in [5, 5.41) is 17.5. The fraction of sp³-hybridized carbons (Fsp3) is 0.0769. The maximum atomic E-state index is 9.30. The molecule has 0 unspecified atom stereocenters. The molecule has 0 saturated carbocycles. The first kappa shape index (κ1) is 11.1. The highest BCUT2D eigenvalue weighted by atomic mass is 16.5. The van der Waals surface area contributed by atoms with E-state index in [-0.39, 0.29) is 5.75 Å². The van der Waals surface area contributed by atoms with Crippen molar-refractivity contribution in [1.29, 1.82) is 0 Å². The first-order chi connectivity index (χ1) is 8.29. The number of ether oxygens (including phenoxy) is 1. The lowest BCUT2D eigenvalue weighted by Crippen LogP contribution is -1.82. The predicted octanol–water partition coefficient (Wildman–Crippen LogP) is 3.82. The Morgan fingerprint density at radius 3 is 2.47 bits per heavy atom. The minimum absolute atomic E-state index is 0.139. The molecule has 2 aromatic rings. The molecule has 4 heteroatoms. The summed E-state index contributed by atoms with van der Waals surface area (Å²) in [4.78, 5) is 0. The van der Waals surface area contributed by atoms with E-state index in [2.05, 4.69) is 10.2 Å². The number of benzene rings is 2. The molecule has 2 rings (SSSR count). The van der Waals surface area contributed by atoms with Gasteiger partial charge in [0.15, 0.2) is 0 Å². The lowest BCUT2D eigenvalue weighted by atomic mass is 10.3. The minimum Gasteiger partial charge on any atom is -0.508 e. The molecule has 4 nitrogen and oxygen atoms in total. The molecule has 0 spiro atoms. The van der Waals surface area contributed by atoms with Gasteiger partial charge in [0.05, 0.1) is 12.8 Å². The third-order valence-electron chi connectivity index (χ3n) is 2.19. The molecule has 0 radical (unpaired) electrons. The van der Waals surface area contributed by atoms with Gasteiger partial charge < -0.3 is 9.84 Å². The first-order valence-corrected chi connectivity index (χ1v) is 5.13. The maximum Gasteiger partial charge on any atom is 0.150 e. The second-order valence-electron chi connectivity index (χ2n) is 3.39. The van der Waals surface area contributed by atoms with Crippen LogP contribution in [0, 0.1) is 0 Å². The normalized spacial score (nSPS) is 10.6. The van der Waals surface area contributed by atoms with E-state index >= 15 is 0 Å². The third-order valence-corrected chi connectivity index (χ3v) is 2.19. The number of methoxy groups -OCH3 is 1. The van der Waals surface area contributed by atoms with Crippen molar-refractivity contribution in [1.82, 2.24) is 0 Å². The molecule has 0 heterocycles. The third kappa shape index (κ3) is 2.81. The van der Waals surface area contributed by atoms with Crippen LogP contribution in [0.15, 0.2) is 58.8 Å². The van der Waals surface area contributed by atoms with E-state index in [1.54, 1.807) is 12.1 Å². The van der Waals surface area contributed by atoms with E-state index in [1.807, 2.05) is 30.3 Å². The highest BCUT2D eigenvalue weighted by Gasteiger charge is 2.02. The molecule has 0 atom stereocenters. The second-order valence-corrected chi connectivity index (χ2v) is 3.39. The Bertz CT molecular complexity index is 524. The smallest absolute Gasteiger partial charge is 0.150 e. The average molecular weight is 228 g/mol. The van der Waals surface area contributed by atoms with Gasteiger partial charge in [-0.3, -0.25) is 0 Å². The Labute approximate surface area is 99.2 Å². The summed E-state index contributed by atoms with van der Waals surface area (Å²) in [6.45, 7) is 0. The number of rotatable bonds is 3. The van der Waals surface area contributed by atoms with Gasteiger partial charge in [-0.25, -0.2) is 0 Å². The summed E-state index contributed by atoms with van der Waals surface area (Å²) >= 11 is 0. The summed E-state index contributed by atoms with van der Waals surface area (Å²) in [6.07, 6.45) is 0. The van der Waals surface area contributed by atoms with Gasteiger partial charge in [-0.15, -0.1) is 5.11 Å². The zero-order valence-corrected chi connectivity index (χ0v) is 9.37. The molecule has 0 fully saturated rings. The first-order valence-electron chi connectivity index (χ1n) is 5.13. The standard InChI is InChI=1S/C13H12N2O2/c1-17-13-9-11(16)7-8-12(13)15-14-10-5-3-2-4-6-10/h2-9,16H,1H3/b15-14+. The predicted molar refractivity (Wildman–Crippen MR) is 65.3 cm³/mol. The van der Waals surface area contributed by atoms with Gasteiger partial charge in [-0.2, -0.15) is 5.11 Å². The Morgan fingerprint density at radius 2 is 1.76 bits per heavy atom. The number of phenolic OH excluding ortho intramolecular Hbond substituents is 1. The van der Waals surface area contributed by atoms with Crippen LogP contribution in [0.1, 0.15) is 0 Å². The highest BCUT2D eigenvalue weighted by Crippen LogP contribution is 2.32. The quantitative estimate of drug-likeness (QED) is 0.812. The molecule has 0 aliphatic rings. The van der Waals surface area contributed by atoms with Crippen LogP contribution in [-0.2, 0) is 0 Å². The van der Waals surface area contributed by atoms with Crippen molar-refractivity contribution >= 4 is 11.4 Å². The van der Waals surface area contributed by atoms with Crippen LogP contribution in [0.3, 0.4) is 0 Å². The summed E-state index contributed by atoms with van der Waals surface area (Å²) in [7, 11) is 1.52. The van der Waals surface area contributed by atoms with Gasteiger partial charge in [-0.1, -0.05) is 18.2 Å². The Hall–Kier alpha value is -2.36. The molecule has 2 aromatic carbocycles. The number of phenols is 1. The van der Waals surface area contributed by atoms with Crippen molar-refractivity contribution in [2.45, 2.75) is 0 Å². The molecule has 0 amide bonds. The monoisotopic (exact) mass is 228 g/mol. The molecule has 17 heavy (non-hydrogen) atoms. The number of hydrogen-bond acceptors (Lipinski definition) is 4. The maximum absolute atomic E-state index is 9.30. The van der Waals surface area contributed by atoms with Crippen molar-refractivity contribution < 1.29 is 9.84 Å². The summed E-state index contributed by atoms with van der Waals surface area (Å²) in [5.41, 5.74) is 1.34. The Balaban J connectivity index is 2.27. The summed E-state index contributed by atoms with van der Waals surface area (Å²) in [5.74, 6) is 0.630. The second kappa shape index (κ2) is 5.12. The van der Waals surface area contributed by atoms with Gasteiger partial charge in [0, 0.05) is 6.07 Å². The van der Waals surface area contributed by atoms with Crippen molar-refractivity contribution in [3.05, 3.63) is 48.5 Å². The van der Waals surface area contributed by atoms with Gasteiger partial charge >= 0.3 is 0 Å². The molecule has 86 valence electrons. The Kier molecular flexibility index (Phi) is 3.35. The molecular weight excluding hydrogens is 216 g/mol. The molecule has 0 bridgehead atoms.